The molecule has 1 rings (SSSR count). The maximum Gasteiger partial charge on any atom is 0.0459 e. The van der Waals surface area contributed by atoms with Crippen molar-refractivity contribution < 1.29 is 5.11 Å². The van der Waals surface area contributed by atoms with Gasteiger partial charge >= 0.3 is 0 Å². The van der Waals surface area contributed by atoms with Gasteiger partial charge in [-0.2, -0.15) is 0 Å². The molecule has 2 N–H and O–H groups in total. The molecule has 1 aliphatic carbocycles. The number of hydrogen-bond acceptors (Lipinski definition) is 2. The van der Waals surface area contributed by atoms with Crippen LogP contribution in [-0.2, 0) is 0 Å². The zero-order valence-corrected chi connectivity index (χ0v) is 8.21. The van der Waals surface area contributed by atoms with E-state index in [1.54, 1.807) is 0 Å². The van der Waals surface area contributed by atoms with Crippen molar-refractivity contribution in [2.24, 2.45) is 11.8 Å². The third-order valence-corrected chi connectivity index (χ3v) is 2.72. The summed E-state index contributed by atoms with van der Waals surface area (Å²) in [4.78, 5) is 0. The average Bonchev–Trinajstić information content (AvgIpc) is 2.48. The third kappa shape index (κ3) is 3.11. The molecule has 0 amide bonds. The van der Waals surface area contributed by atoms with Crippen LogP contribution in [0.5, 0.6) is 0 Å². The first-order valence-corrected chi connectivity index (χ1v) is 5.06. The van der Waals surface area contributed by atoms with Crippen molar-refractivity contribution in [1.29, 1.82) is 0 Å². The standard InChI is InChI=1S/C10H21NO/c1-8(2)11-6-9-3-4-10(5-9)7-12/h8-12H,3-7H2,1-2H3. The van der Waals surface area contributed by atoms with E-state index in [4.69, 9.17) is 5.11 Å². The molecule has 1 aliphatic rings. The van der Waals surface area contributed by atoms with E-state index in [1.165, 1.54) is 19.3 Å². The first-order chi connectivity index (χ1) is 5.72. The van der Waals surface area contributed by atoms with Gasteiger partial charge in [-0.25, -0.2) is 0 Å². The number of nitrogens with one attached hydrogen (secondary N) is 1. The van der Waals surface area contributed by atoms with Gasteiger partial charge in [-0.1, -0.05) is 13.8 Å². The van der Waals surface area contributed by atoms with Crippen LogP contribution in [-0.4, -0.2) is 24.3 Å². The van der Waals surface area contributed by atoms with Crippen molar-refractivity contribution in [3.63, 3.8) is 0 Å². The molecule has 1 saturated carbocycles. The highest BCUT2D eigenvalue weighted by Crippen LogP contribution is 2.29. The minimum Gasteiger partial charge on any atom is -0.396 e. The molecule has 1 fully saturated rings. The van der Waals surface area contributed by atoms with Gasteiger partial charge in [0.15, 0.2) is 0 Å². The first kappa shape index (κ1) is 10.0. The maximum absolute atomic E-state index is 8.94. The second-order valence-corrected chi connectivity index (χ2v) is 4.29. The highest BCUT2D eigenvalue weighted by atomic mass is 16.3. The fraction of sp³-hybridized carbons (Fsp3) is 1.00. The minimum atomic E-state index is 0.387. The van der Waals surface area contributed by atoms with Crippen molar-refractivity contribution in [2.45, 2.75) is 39.2 Å². The predicted octanol–water partition coefficient (Wildman–Crippen LogP) is 1.39. The molecular formula is C10H21NO. The number of aliphatic hydroxyl groups excluding tert-OH is 1. The van der Waals surface area contributed by atoms with Gasteiger partial charge in [-0.05, 0) is 37.6 Å². The molecule has 2 nitrogen and oxygen atoms in total. The topological polar surface area (TPSA) is 32.3 Å². The number of aliphatic hydroxyl groups is 1. The Hall–Kier alpha value is -0.0800. The van der Waals surface area contributed by atoms with E-state index in [0.29, 0.717) is 18.6 Å². The van der Waals surface area contributed by atoms with Gasteiger partial charge in [-0.3, -0.25) is 0 Å². The van der Waals surface area contributed by atoms with Crippen molar-refractivity contribution >= 4 is 0 Å². The normalized spacial score (nSPS) is 30.0. The Labute approximate surface area is 75.4 Å². The smallest absolute Gasteiger partial charge is 0.0459 e. The molecule has 0 spiro atoms. The Morgan fingerprint density at radius 3 is 2.50 bits per heavy atom. The summed E-state index contributed by atoms with van der Waals surface area (Å²) >= 11 is 0. The second-order valence-electron chi connectivity index (χ2n) is 4.29. The molecule has 0 aromatic rings. The summed E-state index contributed by atoms with van der Waals surface area (Å²) < 4.78 is 0. The first-order valence-electron chi connectivity index (χ1n) is 5.06. The molecule has 0 radical (unpaired) electrons. The molecule has 0 heterocycles. The third-order valence-electron chi connectivity index (χ3n) is 2.72. The van der Waals surface area contributed by atoms with Crippen LogP contribution in [0.4, 0.5) is 0 Å². The Balaban J connectivity index is 2.11. The summed E-state index contributed by atoms with van der Waals surface area (Å²) in [6.45, 7) is 5.88. The summed E-state index contributed by atoms with van der Waals surface area (Å²) in [5.41, 5.74) is 0. The lowest BCUT2D eigenvalue weighted by atomic mass is 10.1. The molecule has 0 aliphatic heterocycles. The van der Waals surface area contributed by atoms with E-state index in [9.17, 15) is 0 Å². The van der Waals surface area contributed by atoms with E-state index >= 15 is 0 Å². The van der Waals surface area contributed by atoms with Gasteiger partial charge in [0.1, 0.15) is 0 Å². The van der Waals surface area contributed by atoms with Crippen LogP contribution in [0.15, 0.2) is 0 Å². The summed E-state index contributed by atoms with van der Waals surface area (Å²) in [6.07, 6.45) is 3.74. The lowest BCUT2D eigenvalue weighted by Gasteiger charge is -2.13. The Kier molecular flexibility index (Phi) is 4.02. The molecule has 2 unspecified atom stereocenters. The van der Waals surface area contributed by atoms with Crippen molar-refractivity contribution in [3.05, 3.63) is 0 Å². The van der Waals surface area contributed by atoms with E-state index in [0.717, 1.165) is 12.5 Å². The van der Waals surface area contributed by atoms with Crippen LogP contribution in [0.2, 0.25) is 0 Å². The Morgan fingerprint density at radius 1 is 1.33 bits per heavy atom. The molecule has 12 heavy (non-hydrogen) atoms. The van der Waals surface area contributed by atoms with Gasteiger partial charge < -0.3 is 10.4 Å². The van der Waals surface area contributed by atoms with E-state index in [2.05, 4.69) is 19.2 Å². The highest BCUT2D eigenvalue weighted by Gasteiger charge is 2.23. The molecule has 0 saturated heterocycles. The van der Waals surface area contributed by atoms with E-state index in [-0.39, 0.29) is 0 Å². The van der Waals surface area contributed by atoms with Gasteiger partial charge in [0, 0.05) is 12.6 Å². The van der Waals surface area contributed by atoms with Gasteiger partial charge in [0.2, 0.25) is 0 Å². The van der Waals surface area contributed by atoms with Crippen LogP contribution >= 0.6 is 0 Å². The molecular weight excluding hydrogens is 150 g/mol. The molecule has 0 aromatic heterocycles. The molecule has 72 valence electrons. The molecule has 2 heteroatoms. The number of rotatable bonds is 4. The fourth-order valence-corrected chi connectivity index (χ4v) is 1.93. The SMILES string of the molecule is CC(C)NCC1CCC(CO)C1. The monoisotopic (exact) mass is 171 g/mol. The lowest BCUT2D eigenvalue weighted by Crippen LogP contribution is -2.28. The van der Waals surface area contributed by atoms with Crippen LogP contribution < -0.4 is 5.32 Å². The summed E-state index contributed by atoms with van der Waals surface area (Å²) in [5, 5.41) is 12.4. The van der Waals surface area contributed by atoms with Crippen molar-refractivity contribution in [2.75, 3.05) is 13.2 Å². The fourth-order valence-electron chi connectivity index (χ4n) is 1.93. The van der Waals surface area contributed by atoms with E-state index < -0.39 is 0 Å². The molecule has 0 bridgehead atoms. The molecule has 2 atom stereocenters. The van der Waals surface area contributed by atoms with Crippen molar-refractivity contribution in [1.82, 2.24) is 5.32 Å². The Morgan fingerprint density at radius 2 is 2.00 bits per heavy atom. The lowest BCUT2D eigenvalue weighted by molar-refractivity contribution is 0.225. The van der Waals surface area contributed by atoms with Crippen LogP contribution in [0.1, 0.15) is 33.1 Å². The quantitative estimate of drug-likeness (QED) is 0.670. The Bertz CT molecular complexity index is 125. The zero-order chi connectivity index (χ0) is 8.97. The van der Waals surface area contributed by atoms with Crippen molar-refractivity contribution in [3.8, 4) is 0 Å². The minimum absolute atomic E-state index is 0.387. The highest BCUT2D eigenvalue weighted by molar-refractivity contribution is 4.76. The maximum atomic E-state index is 8.94. The predicted molar refractivity (Wildman–Crippen MR) is 51.1 cm³/mol. The number of hydrogen-bond donors (Lipinski definition) is 2. The van der Waals surface area contributed by atoms with Crippen LogP contribution in [0.25, 0.3) is 0 Å². The second kappa shape index (κ2) is 4.83. The largest absolute Gasteiger partial charge is 0.396 e. The van der Waals surface area contributed by atoms with Gasteiger partial charge in [0.05, 0.1) is 0 Å². The zero-order valence-electron chi connectivity index (χ0n) is 8.21. The van der Waals surface area contributed by atoms with Gasteiger partial charge in [-0.15, -0.1) is 0 Å². The average molecular weight is 171 g/mol. The molecule has 0 aromatic carbocycles. The summed E-state index contributed by atoms with van der Waals surface area (Å²) in [7, 11) is 0. The van der Waals surface area contributed by atoms with Crippen LogP contribution in [0, 0.1) is 11.8 Å². The van der Waals surface area contributed by atoms with E-state index in [1.807, 2.05) is 0 Å². The summed E-state index contributed by atoms with van der Waals surface area (Å²) in [6, 6.07) is 0.596. The van der Waals surface area contributed by atoms with Crippen LogP contribution in [0.3, 0.4) is 0 Å². The summed E-state index contributed by atoms with van der Waals surface area (Å²) in [5.74, 6) is 1.40. The van der Waals surface area contributed by atoms with Gasteiger partial charge in [0.25, 0.3) is 0 Å².